The monoisotopic (exact) mass is 349 g/mol. The van der Waals surface area contributed by atoms with Gasteiger partial charge in [0.15, 0.2) is 0 Å². The highest BCUT2D eigenvalue weighted by Crippen LogP contribution is 2.52. The number of hydrogen-bond donors (Lipinski definition) is 0. The number of piperidine rings is 1. The number of piperazine rings is 1. The summed E-state index contributed by atoms with van der Waals surface area (Å²) in [6, 6.07) is 0. The summed E-state index contributed by atoms with van der Waals surface area (Å²) in [5.74, 6) is 0.933. The maximum Gasteiger partial charge on any atom is 0.0206 e. The fraction of sp³-hybridized carbons (Fsp3) is 1.00. The molecule has 1 saturated carbocycles. The Labute approximate surface area is 157 Å². The van der Waals surface area contributed by atoms with E-state index in [0.717, 1.165) is 5.92 Å². The highest BCUT2D eigenvalue weighted by Gasteiger charge is 2.46. The van der Waals surface area contributed by atoms with E-state index in [-0.39, 0.29) is 0 Å². The number of unbranched alkanes of at least 4 members (excludes halogenated alkanes) is 1. The number of rotatable bonds is 8. The molecule has 2 aliphatic heterocycles. The molecule has 3 fully saturated rings. The van der Waals surface area contributed by atoms with E-state index < -0.39 is 0 Å². The highest BCUT2D eigenvalue weighted by atomic mass is 15.3. The average Bonchev–Trinajstić information content (AvgIpc) is 3.35. The molecule has 25 heavy (non-hydrogen) atoms. The van der Waals surface area contributed by atoms with Crippen LogP contribution in [0.2, 0.25) is 0 Å². The molecule has 0 aromatic rings. The molecule has 0 bridgehead atoms. The zero-order valence-corrected chi connectivity index (χ0v) is 17.5. The summed E-state index contributed by atoms with van der Waals surface area (Å²) in [6.07, 6.45) is 11.4. The lowest BCUT2D eigenvalue weighted by molar-refractivity contribution is 0.000431. The van der Waals surface area contributed by atoms with Crippen LogP contribution in [-0.4, -0.2) is 73.1 Å². The lowest BCUT2D eigenvalue weighted by Crippen LogP contribution is -2.59. The zero-order chi connectivity index (χ0) is 17.9. The zero-order valence-electron chi connectivity index (χ0n) is 17.5. The van der Waals surface area contributed by atoms with Gasteiger partial charge in [-0.2, -0.15) is 0 Å². The van der Waals surface area contributed by atoms with Crippen LogP contribution < -0.4 is 0 Å². The van der Waals surface area contributed by atoms with E-state index in [0.29, 0.717) is 11.0 Å². The second kappa shape index (κ2) is 8.27. The van der Waals surface area contributed by atoms with Crippen molar-refractivity contribution in [3.05, 3.63) is 0 Å². The van der Waals surface area contributed by atoms with E-state index >= 15 is 0 Å². The van der Waals surface area contributed by atoms with E-state index in [1.165, 1.54) is 97.2 Å². The third kappa shape index (κ3) is 5.20. The Balaban J connectivity index is 1.43. The summed E-state index contributed by atoms with van der Waals surface area (Å²) in [5, 5.41) is 0. The minimum atomic E-state index is 0.461. The predicted molar refractivity (Wildman–Crippen MR) is 108 cm³/mol. The first-order valence-corrected chi connectivity index (χ1v) is 11.1. The van der Waals surface area contributed by atoms with Gasteiger partial charge in [0.05, 0.1) is 0 Å². The molecule has 0 spiro atoms. The summed E-state index contributed by atoms with van der Waals surface area (Å²) in [6.45, 7) is 16.4. The smallest absolute Gasteiger partial charge is 0.0206 e. The van der Waals surface area contributed by atoms with E-state index in [4.69, 9.17) is 0 Å². The number of likely N-dealkylation sites (tertiary alicyclic amines) is 1. The van der Waals surface area contributed by atoms with E-state index in [1.54, 1.807) is 0 Å². The molecule has 0 aromatic carbocycles. The van der Waals surface area contributed by atoms with Crippen molar-refractivity contribution in [3.8, 4) is 0 Å². The number of likely N-dealkylation sites (N-methyl/N-ethyl adjacent to an activating group) is 1. The molecule has 0 amide bonds. The maximum absolute atomic E-state index is 2.82. The van der Waals surface area contributed by atoms with Gasteiger partial charge in [0.25, 0.3) is 0 Å². The molecule has 3 heteroatoms. The molecule has 0 radical (unpaired) electrons. The normalized spacial score (nSPS) is 28.8. The van der Waals surface area contributed by atoms with E-state index in [9.17, 15) is 0 Å². The van der Waals surface area contributed by atoms with Crippen molar-refractivity contribution in [1.82, 2.24) is 14.7 Å². The molecular formula is C22H43N3. The Kier molecular flexibility index (Phi) is 6.50. The molecule has 1 unspecified atom stereocenters. The van der Waals surface area contributed by atoms with Crippen LogP contribution in [0, 0.1) is 11.3 Å². The Morgan fingerprint density at radius 2 is 1.56 bits per heavy atom. The molecule has 1 atom stereocenters. The van der Waals surface area contributed by atoms with Crippen molar-refractivity contribution in [2.75, 3.05) is 52.9 Å². The summed E-state index contributed by atoms with van der Waals surface area (Å²) < 4.78 is 0. The lowest BCUT2D eigenvalue weighted by Gasteiger charge is -2.50. The molecule has 0 aromatic heterocycles. The van der Waals surface area contributed by atoms with Crippen LogP contribution in [0.5, 0.6) is 0 Å². The minimum absolute atomic E-state index is 0.461. The molecular weight excluding hydrogens is 306 g/mol. The van der Waals surface area contributed by atoms with Crippen LogP contribution in [0.15, 0.2) is 0 Å². The third-order valence-electron chi connectivity index (χ3n) is 7.55. The largest absolute Gasteiger partial charge is 0.304 e. The fourth-order valence-corrected chi connectivity index (χ4v) is 5.33. The van der Waals surface area contributed by atoms with Gasteiger partial charge in [-0.15, -0.1) is 0 Å². The summed E-state index contributed by atoms with van der Waals surface area (Å²) in [5.41, 5.74) is 1.16. The van der Waals surface area contributed by atoms with Crippen molar-refractivity contribution in [2.45, 2.75) is 77.7 Å². The van der Waals surface area contributed by atoms with Gasteiger partial charge in [-0.05, 0) is 70.5 Å². The minimum Gasteiger partial charge on any atom is -0.304 e. The third-order valence-corrected chi connectivity index (χ3v) is 7.55. The second-order valence-electron chi connectivity index (χ2n) is 10.0. The quantitative estimate of drug-likeness (QED) is 0.653. The SMILES string of the molecule is CCCCC(C)CC1(CN2CCC(C)(N3CCN(C)CC3)CC2)CC1. The van der Waals surface area contributed by atoms with Gasteiger partial charge >= 0.3 is 0 Å². The maximum atomic E-state index is 2.82. The van der Waals surface area contributed by atoms with Gasteiger partial charge in [0, 0.05) is 38.3 Å². The standard InChI is InChI=1S/C22H43N3/c1-5-6-7-20(2)18-22(8-9-22)19-24-12-10-21(3,11-13-24)25-16-14-23(4)15-17-25/h20H,5-19H2,1-4H3. The van der Waals surface area contributed by atoms with Crippen LogP contribution >= 0.6 is 0 Å². The van der Waals surface area contributed by atoms with Crippen LogP contribution in [0.1, 0.15) is 72.1 Å². The summed E-state index contributed by atoms with van der Waals surface area (Å²) in [7, 11) is 2.26. The molecule has 3 rings (SSSR count). The van der Waals surface area contributed by atoms with Crippen molar-refractivity contribution < 1.29 is 0 Å². The topological polar surface area (TPSA) is 9.72 Å². The van der Waals surface area contributed by atoms with Crippen molar-refractivity contribution in [2.24, 2.45) is 11.3 Å². The Hall–Kier alpha value is -0.120. The van der Waals surface area contributed by atoms with Gasteiger partial charge < -0.3 is 9.80 Å². The molecule has 3 nitrogen and oxygen atoms in total. The van der Waals surface area contributed by atoms with Gasteiger partial charge in [-0.25, -0.2) is 0 Å². The van der Waals surface area contributed by atoms with Crippen LogP contribution in [-0.2, 0) is 0 Å². The first kappa shape index (κ1) is 19.6. The van der Waals surface area contributed by atoms with Crippen molar-refractivity contribution in [1.29, 1.82) is 0 Å². The molecule has 1 aliphatic carbocycles. The predicted octanol–water partition coefficient (Wildman–Crippen LogP) is 4.08. The first-order chi connectivity index (χ1) is 11.9. The van der Waals surface area contributed by atoms with Crippen LogP contribution in [0.25, 0.3) is 0 Å². The Bertz CT molecular complexity index is 401. The second-order valence-corrected chi connectivity index (χ2v) is 10.0. The van der Waals surface area contributed by atoms with Crippen LogP contribution in [0.3, 0.4) is 0 Å². The molecule has 2 heterocycles. The van der Waals surface area contributed by atoms with Crippen LogP contribution in [0.4, 0.5) is 0 Å². The Morgan fingerprint density at radius 3 is 2.12 bits per heavy atom. The average molecular weight is 350 g/mol. The van der Waals surface area contributed by atoms with E-state index in [1.807, 2.05) is 0 Å². The molecule has 0 N–H and O–H groups in total. The fourth-order valence-electron chi connectivity index (χ4n) is 5.33. The molecule has 2 saturated heterocycles. The summed E-state index contributed by atoms with van der Waals surface area (Å²) in [4.78, 5) is 8.09. The van der Waals surface area contributed by atoms with Gasteiger partial charge in [0.1, 0.15) is 0 Å². The van der Waals surface area contributed by atoms with Crippen molar-refractivity contribution >= 4 is 0 Å². The number of hydrogen-bond acceptors (Lipinski definition) is 3. The van der Waals surface area contributed by atoms with Gasteiger partial charge in [-0.3, -0.25) is 4.90 Å². The molecule has 146 valence electrons. The Morgan fingerprint density at radius 1 is 0.920 bits per heavy atom. The van der Waals surface area contributed by atoms with Crippen molar-refractivity contribution in [3.63, 3.8) is 0 Å². The van der Waals surface area contributed by atoms with Gasteiger partial charge in [0.2, 0.25) is 0 Å². The first-order valence-electron chi connectivity index (χ1n) is 11.1. The number of nitrogens with zero attached hydrogens (tertiary/aromatic N) is 3. The van der Waals surface area contributed by atoms with Gasteiger partial charge in [-0.1, -0.05) is 33.1 Å². The van der Waals surface area contributed by atoms with E-state index in [2.05, 4.69) is 42.5 Å². The lowest BCUT2D eigenvalue weighted by atomic mass is 9.85. The highest BCUT2D eigenvalue weighted by molar-refractivity contribution is 4.99. The summed E-state index contributed by atoms with van der Waals surface area (Å²) >= 11 is 0. The molecule has 3 aliphatic rings.